The molecule has 0 saturated heterocycles. The molecule has 0 aliphatic carbocycles. The van der Waals surface area contributed by atoms with E-state index in [1.54, 1.807) is 12.1 Å². The van der Waals surface area contributed by atoms with Gasteiger partial charge >= 0.3 is 0 Å². The van der Waals surface area contributed by atoms with Gasteiger partial charge in [0.05, 0.1) is 5.02 Å². The maximum Gasteiger partial charge on any atom is 0.131 e. The summed E-state index contributed by atoms with van der Waals surface area (Å²) in [7, 11) is 0. The van der Waals surface area contributed by atoms with E-state index in [1.807, 2.05) is 24.3 Å². The Bertz CT molecular complexity index is 598. The van der Waals surface area contributed by atoms with Gasteiger partial charge in [0.15, 0.2) is 0 Å². The summed E-state index contributed by atoms with van der Waals surface area (Å²) in [5, 5.41) is 3.82. The van der Waals surface area contributed by atoms with Gasteiger partial charge in [0.1, 0.15) is 18.2 Å². The second-order valence-electron chi connectivity index (χ2n) is 5.33. The molecule has 118 valence electrons. The lowest BCUT2D eigenvalue weighted by molar-refractivity contribution is 0.299. The molecule has 2 nitrogen and oxygen atoms in total. The Labute approximate surface area is 136 Å². The molecule has 1 N–H and O–H groups in total. The Morgan fingerprint density at radius 1 is 1.23 bits per heavy atom. The summed E-state index contributed by atoms with van der Waals surface area (Å²) >= 11 is 6.00. The van der Waals surface area contributed by atoms with Crippen molar-refractivity contribution in [3.8, 4) is 5.75 Å². The minimum atomic E-state index is -0.345. The second kappa shape index (κ2) is 8.16. The van der Waals surface area contributed by atoms with Crippen molar-refractivity contribution in [1.29, 1.82) is 0 Å². The zero-order valence-corrected chi connectivity index (χ0v) is 13.7. The normalized spacial score (nSPS) is 12.2. The Kier molecular flexibility index (Phi) is 6.22. The van der Waals surface area contributed by atoms with E-state index in [-0.39, 0.29) is 12.4 Å². The molecule has 0 aliphatic rings. The largest absolute Gasteiger partial charge is 0.489 e. The summed E-state index contributed by atoms with van der Waals surface area (Å²) in [6, 6.07) is 12.9. The zero-order chi connectivity index (χ0) is 15.9. The van der Waals surface area contributed by atoms with Gasteiger partial charge in [0.2, 0.25) is 0 Å². The fourth-order valence-electron chi connectivity index (χ4n) is 2.01. The van der Waals surface area contributed by atoms with Crippen molar-refractivity contribution in [3.63, 3.8) is 0 Å². The molecule has 0 heterocycles. The highest BCUT2D eigenvalue weighted by Crippen LogP contribution is 2.22. The zero-order valence-electron chi connectivity index (χ0n) is 12.9. The van der Waals surface area contributed by atoms with Crippen molar-refractivity contribution in [3.05, 3.63) is 64.4 Å². The van der Waals surface area contributed by atoms with Crippen LogP contribution in [0.3, 0.4) is 0 Å². The van der Waals surface area contributed by atoms with Gasteiger partial charge in [0.25, 0.3) is 0 Å². The summed E-state index contributed by atoms with van der Waals surface area (Å²) in [4.78, 5) is 0. The summed E-state index contributed by atoms with van der Waals surface area (Å²) in [5.41, 5.74) is 1.52. The van der Waals surface area contributed by atoms with Gasteiger partial charge < -0.3 is 10.1 Å². The quantitative estimate of drug-likeness (QED) is 0.779. The van der Waals surface area contributed by atoms with Gasteiger partial charge in [-0.25, -0.2) is 4.39 Å². The van der Waals surface area contributed by atoms with Crippen molar-refractivity contribution in [2.45, 2.75) is 39.5 Å². The first-order chi connectivity index (χ1) is 10.6. The van der Waals surface area contributed by atoms with Gasteiger partial charge in [-0.3, -0.25) is 0 Å². The lowest BCUT2D eigenvalue weighted by Crippen LogP contribution is -2.24. The average Bonchev–Trinajstić information content (AvgIpc) is 2.52. The highest BCUT2D eigenvalue weighted by Gasteiger charge is 2.08. The lowest BCUT2D eigenvalue weighted by Gasteiger charge is -2.13. The van der Waals surface area contributed by atoms with E-state index in [4.69, 9.17) is 16.3 Å². The molecule has 1 atom stereocenters. The van der Waals surface area contributed by atoms with Crippen LogP contribution < -0.4 is 10.1 Å². The molecule has 0 saturated carbocycles. The SMILES string of the molecule is CCC(C)NCc1cccc(OCc2c(F)cccc2Cl)c1. The summed E-state index contributed by atoms with van der Waals surface area (Å²) in [6.45, 7) is 5.20. The monoisotopic (exact) mass is 321 g/mol. The fraction of sp³-hybridized carbons (Fsp3) is 0.333. The first kappa shape index (κ1) is 16.8. The molecule has 0 aromatic heterocycles. The smallest absolute Gasteiger partial charge is 0.131 e. The van der Waals surface area contributed by atoms with Crippen LogP contribution in [0.1, 0.15) is 31.4 Å². The predicted octanol–water partition coefficient (Wildman–Crippen LogP) is 4.95. The molecule has 4 heteroatoms. The number of hydrogen-bond donors (Lipinski definition) is 1. The third kappa shape index (κ3) is 4.72. The van der Waals surface area contributed by atoms with Crippen molar-refractivity contribution < 1.29 is 9.13 Å². The van der Waals surface area contributed by atoms with Gasteiger partial charge in [-0.1, -0.05) is 36.7 Å². The topological polar surface area (TPSA) is 21.3 Å². The average molecular weight is 322 g/mol. The van der Waals surface area contributed by atoms with Crippen LogP contribution in [0.4, 0.5) is 4.39 Å². The molecule has 0 fully saturated rings. The Balaban J connectivity index is 1.98. The third-order valence-electron chi connectivity index (χ3n) is 3.61. The fourth-order valence-corrected chi connectivity index (χ4v) is 2.22. The van der Waals surface area contributed by atoms with E-state index >= 15 is 0 Å². The molecule has 2 aromatic rings. The second-order valence-corrected chi connectivity index (χ2v) is 5.73. The van der Waals surface area contributed by atoms with Gasteiger partial charge in [-0.15, -0.1) is 0 Å². The minimum Gasteiger partial charge on any atom is -0.489 e. The van der Waals surface area contributed by atoms with Crippen molar-refractivity contribution in [1.82, 2.24) is 5.32 Å². The number of hydrogen-bond acceptors (Lipinski definition) is 2. The molecular weight excluding hydrogens is 301 g/mol. The first-order valence-corrected chi connectivity index (χ1v) is 7.86. The van der Waals surface area contributed by atoms with Crippen LogP contribution >= 0.6 is 11.6 Å². The number of ether oxygens (including phenoxy) is 1. The van der Waals surface area contributed by atoms with Crippen LogP contribution in [0.5, 0.6) is 5.75 Å². The molecule has 0 amide bonds. The van der Waals surface area contributed by atoms with E-state index in [0.717, 1.165) is 18.5 Å². The maximum absolute atomic E-state index is 13.7. The van der Waals surface area contributed by atoms with E-state index in [1.165, 1.54) is 6.07 Å². The van der Waals surface area contributed by atoms with Gasteiger partial charge in [0, 0.05) is 18.2 Å². The third-order valence-corrected chi connectivity index (χ3v) is 3.96. The molecule has 0 radical (unpaired) electrons. The molecule has 1 unspecified atom stereocenters. The van der Waals surface area contributed by atoms with Crippen LogP contribution in [-0.2, 0) is 13.2 Å². The Morgan fingerprint density at radius 3 is 2.73 bits per heavy atom. The Hall–Kier alpha value is -1.58. The molecule has 0 spiro atoms. The van der Waals surface area contributed by atoms with Crippen molar-refractivity contribution in [2.75, 3.05) is 0 Å². The first-order valence-electron chi connectivity index (χ1n) is 7.48. The molecular formula is C18H21ClFNO. The van der Waals surface area contributed by atoms with Crippen molar-refractivity contribution >= 4 is 11.6 Å². The van der Waals surface area contributed by atoms with Crippen molar-refractivity contribution in [2.24, 2.45) is 0 Å². The standard InChI is InChI=1S/C18H21ClFNO/c1-3-13(2)21-11-14-6-4-7-15(10-14)22-12-16-17(19)8-5-9-18(16)20/h4-10,13,21H,3,11-12H2,1-2H3. The molecule has 2 aromatic carbocycles. The Morgan fingerprint density at radius 2 is 2.00 bits per heavy atom. The highest BCUT2D eigenvalue weighted by atomic mass is 35.5. The van der Waals surface area contributed by atoms with E-state index in [9.17, 15) is 4.39 Å². The predicted molar refractivity (Wildman–Crippen MR) is 88.8 cm³/mol. The molecule has 0 bridgehead atoms. The van der Waals surface area contributed by atoms with E-state index in [0.29, 0.717) is 22.4 Å². The molecule has 2 rings (SSSR count). The van der Waals surface area contributed by atoms with Crippen LogP contribution in [0, 0.1) is 5.82 Å². The van der Waals surface area contributed by atoms with E-state index < -0.39 is 0 Å². The minimum absolute atomic E-state index is 0.119. The summed E-state index contributed by atoms with van der Waals surface area (Å²) < 4.78 is 19.4. The number of halogens is 2. The summed E-state index contributed by atoms with van der Waals surface area (Å²) in [5.74, 6) is 0.366. The van der Waals surface area contributed by atoms with Crippen LogP contribution in [0.15, 0.2) is 42.5 Å². The molecule has 22 heavy (non-hydrogen) atoms. The number of nitrogens with one attached hydrogen (secondary N) is 1. The van der Waals surface area contributed by atoms with E-state index in [2.05, 4.69) is 19.2 Å². The van der Waals surface area contributed by atoms with Gasteiger partial charge in [-0.2, -0.15) is 0 Å². The van der Waals surface area contributed by atoms with Crippen LogP contribution in [0.2, 0.25) is 5.02 Å². The van der Waals surface area contributed by atoms with Gasteiger partial charge in [-0.05, 0) is 43.2 Å². The summed E-state index contributed by atoms with van der Waals surface area (Å²) in [6.07, 6.45) is 1.09. The number of rotatable bonds is 7. The highest BCUT2D eigenvalue weighted by molar-refractivity contribution is 6.31. The molecule has 0 aliphatic heterocycles. The lowest BCUT2D eigenvalue weighted by atomic mass is 10.2. The maximum atomic E-state index is 13.7. The number of benzene rings is 2. The van der Waals surface area contributed by atoms with Crippen LogP contribution in [0.25, 0.3) is 0 Å². The van der Waals surface area contributed by atoms with Crippen LogP contribution in [-0.4, -0.2) is 6.04 Å².